The maximum atomic E-state index is 13.2. The predicted molar refractivity (Wildman–Crippen MR) is 340 cm³/mol. The summed E-state index contributed by atoms with van der Waals surface area (Å²) in [7, 11) is 0. The Labute approximate surface area is 506 Å². The summed E-state index contributed by atoms with van der Waals surface area (Å²) in [5.41, 5.74) is 0. The average molecular weight is 1170 g/mol. The molecule has 83 heavy (non-hydrogen) atoms. The smallest absolute Gasteiger partial charge is 0.335 e. The van der Waals surface area contributed by atoms with Crippen LogP contribution in [0.2, 0.25) is 0 Å². The molecule has 0 bridgehead atoms. The molecule has 12 nitrogen and oxygen atoms in total. The van der Waals surface area contributed by atoms with E-state index in [0.29, 0.717) is 19.3 Å². The van der Waals surface area contributed by atoms with Gasteiger partial charge in [-0.05, 0) is 89.9 Å². The number of aliphatic hydroxyl groups excluding tert-OH is 2. The molecule has 1 aliphatic rings. The van der Waals surface area contributed by atoms with Crippen LogP contribution in [0.5, 0.6) is 0 Å². The monoisotopic (exact) mass is 1170 g/mol. The number of rotatable bonds is 58. The minimum atomic E-state index is -1.91. The molecule has 0 aromatic carbocycles. The van der Waals surface area contributed by atoms with Gasteiger partial charge in [-0.1, -0.05) is 267 Å². The van der Waals surface area contributed by atoms with Gasteiger partial charge < -0.3 is 39.0 Å². The molecule has 6 atom stereocenters. The van der Waals surface area contributed by atoms with Crippen LogP contribution in [0.1, 0.15) is 303 Å². The average Bonchev–Trinajstić information content (AvgIpc) is 3.59. The zero-order valence-electron chi connectivity index (χ0n) is 52.9. The summed E-state index contributed by atoms with van der Waals surface area (Å²) in [4.78, 5) is 51.4. The Balaban J connectivity index is 2.66. The lowest BCUT2D eigenvalue weighted by atomic mass is 9.98. The lowest BCUT2D eigenvalue weighted by Crippen LogP contribution is -2.61. The zero-order chi connectivity index (χ0) is 60.3. The van der Waals surface area contributed by atoms with Crippen LogP contribution in [-0.4, -0.2) is 89.2 Å². The van der Waals surface area contributed by atoms with E-state index in [-0.39, 0.29) is 25.9 Å². The third-order valence-corrected chi connectivity index (χ3v) is 15.3. The van der Waals surface area contributed by atoms with Crippen molar-refractivity contribution in [1.29, 1.82) is 0 Å². The van der Waals surface area contributed by atoms with Crippen LogP contribution in [0.3, 0.4) is 0 Å². The highest BCUT2D eigenvalue weighted by molar-refractivity contribution is 5.74. The Morgan fingerprint density at radius 2 is 0.759 bits per heavy atom. The number of hydrogen-bond donors (Lipinski definition) is 3. The first-order valence-electron chi connectivity index (χ1n) is 33.9. The number of unbranched alkanes of at least 4 members (excludes halogenated alkanes) is 32. The molecule has 3 N–H and O–H groups in total. The molecule has 6 unspecified atom stereocenters. The SMILES string of the molecule is CC/C=C\C/C=C\C/C=C\C/C=C\CCCCCCC(=O)OC(COC(=O)CCCCCCCCCCCCCCCCCCCCC)COC1OC(C(=O)O)C(O)C(O)C1OC(=O)CCCCCCCCC/C=C\C/C=C\CCCCC. The Bertz CT molecular complexity index is 1720. The molecule has 12 heteroatoms. The third-order valence-electron chi connectivity index (χ3n) is 15.3. The summed E-state index contributed by atoms with van der Waals surface area (Å²) in [5, 5.41) is 31.6. The molecule has 1 fully saturated rings. The number of carboxylic acid groups (broad SMARTS) is 1. The quantitative estimate of drug-likeness (QED) is 0.0228. The molecule has 1 heterocycles. The number of aliphatic carboxylic acids is 1. The Kier molecular flexibility index (Phi) is 54.4. The first-order chi connectivity index (χ1) is 40.6. The van der Waals surface area contributed by atoms with Gasteiger partial charge in [-0.3, -0.25) is 14.4 Å². The molecule has 0 aromatic rings. The molecule has 0 amide bonds. The van der Waals surface area contributed by atoms with E-state index in [1.54, 1.807) is 0 Å². The van der Waals surface area contributed by atoms with Crippen LogP contribution in [0.25, 0.3) is 0 Å². The van der Waals surface area contributed by atoms with E-state index in [4.69, 9.17) is 23.7 Å². The Hall–Kier alpha value is -3.84. The summed E-state index contributed by atoms with van der Waals surface area (Å²) < 4.78 is 28.6. The second kappa shape index (κ2) is 58.5. The fourth-order valence-electron chi connectivity index (χ4n) is 10.1. The van der Waals surface area contributed by atoms with Crippen molar-refractivity contribution in [3.05, 3.63) is 72.9 Å². The van der Waals surface area contributed by atoms with Gasteiger partial charge >= 0.3 is 23.9 Å². The van der Waals surface area contributed by atoms with E-state index in [1.165, 1.54) is 116 Å². The largest absolute Gasteiger partial charge is 0.479 e. The van der Waals surface area contributed by atoms with Crippen LogP contribution in [0.15, 0.2) is 72.9 Å². The summed E-state index contributed by atoms with van der Waals surface area (Å²) in [6, 6.07) is 0. The predicted octanol–water partition coefficient (Wildman–Crippen LogP) is 18.5. The number of ether oxygens (including phenoxy) is 5. The maximum absolute atomic E-state index is 13.2. The highest BCUT2D eigenvalue weighted by Gasteiger charge is 2.50. The molecule has 0 spiro atoms. The number of carbonyl (C=O) groups is 4. The van der Waals surface area contributed by atoms with Crippen molar-refractivity contribution in [1.82, 2.24) is 0 Å². The van der Waals surface area contributed by atoms with Gasteiger partial charge in [0.1, 0.15) is 18.8 Å². The number of aliphatic hydroxyl groups is 2. The van der Waals surface area contributed by atoms with Gasteiger partial charge in [0, 0.05) is 19.3 Å². The molecular formula is C71H122O12. The van der Waals surface area contributed by atoms with Crippen LogP contribution < -0.4 is 0 Å². The summed E-state index contributed by atoms with van der Waals surface area (Å²) in [6.07, 6.45) is 62.8. The van der Waals surface area contributed by atoms with E-state index in [9.17, 15) is 34.5 Å². The van der Waals surface area contributed by atoms with E-state index in [1.807, 2.05) is 0 Å². The molecule has 0 radical (unpaired) electrons. The Morgan fingerprint density at radius 3 is 1.18 bits per heavy atom. The van der Waals surface area contributed by atoms with Crippen molar-refractivity contribution >= 4 is 23.9 Å². The normalized spacial score (nSPS) is 18.0. The lowest BCUT2D eigenvalue weighted by Gasteiger charge is -2.40. The summed E-state index contributed by atoms with van der Waals surface area (Å²) in [6.45, 7) is 5.88. The third kappa shape index (κ3) is 48.0. The van der Waals surface area contributed by atoms with Gasteiger partial charge in [-0.25, -0.2) is 4.79 Å². The summed E-state index contributed by atoms with van der Waals surface area (Å²) >= 11 is 0. The van der Waals surface area contributed by atoms with Crippen molar-refractivity contribution in [2.45, 2.75) is 340 Å². The van der Waals surface area contributed by atoms with Crippen LogP contribution in [0.4, 0.5) is 0 Å². The van der Waals surface area contributed by atoms with E-state index >= 15 is 0 Å². The number of carboxylic acids is 1. The van der Waals surface area contributed by atoms with Crippen molar-refractivity contribution in [2.75, 3.05) is 13.2 Å². The first-order valence-corrected chi connectivity index (χ1v) is 33.9. The van der Waals surface area contributed by atoms with Gasteiger partial charge in [-0.2, -0.15) is 0 Å². The fraction of sp³-hybridized carbons (Fsp3) is 0.775. The highest BCUT2D eigenvalue weighted by atomic mass is 16.7. The van der Waals surface area contributed by atoms with Crippen molar-refractivity contribution in [3.8, 4) is 0 Å². The number of hydrogen-bond acceptors (Lipinski definition) is 11. The fourth-order valence-corrected chi connectivity index (χ4v) is 10.1. The maximum Gasteiger partial charge on any atom is 0.335 e. The molecule has 0 aromatic heterocycles. The van der Waals surface area contributed by atoms with Crippen molar-refractivity contribution in [2.24, 2.45) is 0 Å². The van der Waals surface area contributed by atoms with Crippen LogP contribution in [0, 0.1) is 0 Å². The highest BCUT2D eigenvalue weighted by Crippen LogP contribution is 2.27. The van der Waals surface area contributed by atoms with Crippen LogP contribution in [-0.2, 0) is 42.9 Å². The van der Waals surface area contributed by atoms with E-state index in [2.05, 4.69) is 93.7 Å². The lowest BCUT2D eigenvalue weighted by molar-refractivity contribution is -0.301. The summed E-state index contributed by atoms with van der Waals surface area (Å²) in [5.74, 6) is -3.14. The minimum absolute atomic E-state index is 0.0480. The second-order valence-corrected chi connectivity index (χ2v) is 23.1. The van der Waals surface area contributed by atoms with Gasteiger partial charge in [0.2, 0.25) is 0 Å². The Morgan fingerprint density at radius 1 is 0.410 bits per heavy atom. The standard InChI is InChI=1S/C71H122O12/c1-4-7-10-13-16-19-22-25-28-31-32-35-36-39-42-45-48-51-54-57-63(72)79-60-62(81-64(73)58-55-52-49-46-43-40-37-33-29-26-23-20-17-14-11-8-5-2)61-80-71-69(67(76)66(75)68(83-71)70(77)78)82-65(74)59-56-53-50-47-44-41-38-34-30-27-24-21-18-15-12-9-6-3/h8,11,17-18,20-21,26-27,29-30,37,40,62,66-69,71,75-76H,4-7,9-10,12-16,19,22-25,28,31-36,38-39,41-61H2,1-3H3,(H,77,78)/b11-8-,20-17-,21-18-,29-26-,30-27-,40-37-. The molecule has 1 saturated heterocycles. The van der Waals surface area contributed by atoms with E-state index in [0.717, 1.165) is 128 Å². The molecule has 478 valence electrons. The van der Waals surface area contributed by atoms with Gasteiger partial charge in [0.05, 0.1) is 6.61 Å². The van der Waals surface area contributed by atoms with Crippen molar-refractivity contribution < 1.29 is 58.2 Å². The number of allylic oxidation sites excluding steroid dienone is 12. The molecule has 0 saturated carbocycles. The van der Waals surface area contributed by atoms with Gasteiger partial charge in [-0.15, -0.1) is 0 Å². The van der Waals surface area contributed by atoms with Gasteiger partial charge in [0.25, 0.3) is 0 Å². The topological polar surface area (TPSA) is 175 Å². The van der Waals surface area contributed by atoms with Gasteiger partial charge in [0.15, 0.2) is 24.6 Å². The van der Waals surface area contributed by atoms with Crippen molar-refractivity contribution in [3.63, 3.8) is 0 Å². The molecule has 1 rings (SSSR count). The van der Waals surface area contributed by atoms with Crippen LogP contribution >= 0.6 is 0 Å². The molecular weight excluding hydrogens is 1040 g/mol. The first kappa shape index (κ1) is 77.2. The second-order valence-electron chi connectivity index (χ2n) is 23.1. The molecule has 1 aliphatic heterocycles. The van der Waals surface area contributed by atoms with E-state index < -0.39 is 67.3 Å². The number of carbonyl (C=O) groups excluding carboxylic acids is 3. The minimum Gasteiger partial charge on any atom is -0.479 e. The zero-order valence-corrected chi connectivity index (χ0v) is 52.9. The molecule has 0 aliphatic carbocycles. The number of esters is 3.